The van der Waals surface area contributed by atoms with Crippen LogP contribution in [-0.2, 0) is 17.9 Å². The summed E-state index contributed by atoms with van der Waals surface area (Å²) in [5, 5.41) is 8.90. The summed E-state index contributed by atoms with van der Waals surface area (Å²) in [5.74, 6) is 1.86. The highest BCUT2D eigenvalue weighted by molar-refractivity contribution is 5.86. The molecule has 1 aromatic carbocycles. The zero-order valence-electron chi connectivity index (χ0n) is 14.8. The minimum absolute atomic E-state index is 0.106. The van der Waals surface area contributed by atoms with E-state index in [9.17, 15) is 4.79 Å². The van der Waals surface area contributed by atoms with E-state index in [1.54, 1.807) is 31.5 Å². The summed E-state index contributed by atoms with van der Waals surface area (Å²) in [6.07, 6.45) is 3.27. The molecule has 1 amide bonds. The number of benzene rings is 1. The van der Waals surface area contributed by atoms with E-state index >= 15 is 0 Å². The van der Waals surface area contributed by atoms with Gasteiger partial charge in [0.15, 0.2) is 5.96 Å². The highest BCUT2D eigenvalue weighted by Gasteiger charge is 2.06. The van der Waals surface area contributed by atoms with Gasteiger partial charge in [0.25, 0.3) is 0 Å². The van der Waals surface area contributed by atoms with E-state index in [2.05, 4.69) is 27.5 Å². The van der Waals surface area contributed by atoms with Crippen molar-refractivity contribution in [1.82, 2.24) is 16.0 Å². The summed E-state index contributed by atoms with van der Waals surface area (Å²) in [6, 6.07) is 11.3. The Morgan fingerprint density at radius 1 is 1.19 bits per heavy atom. The van der Waals surface area contributed by atoms with Crippen molar-refractivity contribution in [3.63, 3.8) is 0 Å². The fourth-order valence-electron chi connectivity index (χ4n) is 2.16. The van der Waals surface area contributed by atoms with Gasteiger partial charge in [0, 0.05) is 19.2 Å². The van der Waals surface area contributed by atoms with Crippen LogP contribution in [-0.4, -0.2) is 32.1 Å². The lowest BCUT2D eigenvalue weighted by molar-refractivity contribution is -0.120. The number of carbonyl (C=O) groups excluding carboxylic acids is 1. The molecule has 1 aromatic heterocycles. The van der Waals surface area contributed by atoms with Crippen molar-refractivity contribution in [2.45, 2.75) is 13.1 Å². The van der Waals surface area contributed by atoms with Gasteiger partial charge in [-0.15, -0.1) is 0 Å². The molecule has 0 aliphatic rings. The van der Waals surface area contributed by atoms with Crippen LogP contribution in [0.15, 0.2) is 64.7 Å². The predicted octanol–water partition coefficient (Wildman–Crippen LogP) is 1.83. The van der Waals surface area contributed by atoms with Gasteiger partial charge in [-0.1, -0.05) is 30.9 Å². The monoisotopic (exact) mass is 356 g/mol. The van der Waals surface area contributed by atoms with Gasteiger partial charge in [-0.2, -0.15) is 0 Å². The molecule has 2 rings (SSSR count). The SMILES string of the molecule is C=CCOc1ccccc1CNC(=NC)NCC(=O)NCc1ccco1. The largest absolute Gasteiger partial charge is 0.489 e. The maximum absolute atomic E-state index is 11.9. The van der Waals surface area contributed by atoms with Gasteiger partial charge < -0.3 is 25.1 Å². The third-order valence-corrected chi connectivity index (χ3v) is 3.46. The van der Waals surface area contributed by atoms with Crippen LogP contribution in [0.5, 0.6) is 5.75 Å². The summed E-state index contributed by atoms with van der Waals surface area (Å²) in [6.45, 7) is 5.07. The van der Waals surface area contributed by atoms with Crippen molar-refractivity contribution in [1.29, 1.82) is 0 Å². The lowest BCUT2D eigenvalue weighted by atomic mass is 10.2. The van der Waals surface area contributed by atoms with Gasteiger partial charge >= 0.3 is 0 Å². The predicted molar refractivity (Wildman–Crippen MR) is 101 cm³/mol. The van der Waals surface area contributed by atoms with E-state index in [0.717, 1.165) is 11.3 Å². The van der Waals surface area contributed by atoms with Crippen molar-refractivity contribution in [2.75, 3.05) is 20.2 Å². The zero-order chi connectivity index (χ0) is 18.6. The highest BCUT2D eigenvalue weighted by atomic mass is 16.5. The Morgan fingerprint density at radius 3 is 2.77 bits per heavy atom. The van der Waals surface area contributed by atoms with Gasteiger partial charge in [-0.25, -0.2) is 0 Å². The second-order valence-corrected chi connectivity index (χ2v) is 5.34. The second-order valence-electron chi connectivity index (χ2n) is 5.34. The van der Waals surface area contributed by atoms with Crippen LogP contribution >= 0.6 is 0 Å². The number of rotatable bonds is 9. The van der Waals surface area contributed by atoms with Gasteiger partial charge in [0.2, 0.25) is 5.91 Å². The molecule has 0 bridgehead atoms. The molecule has 0 saturated carbocycles. The molecule has 7 nitrogen and oxygen atoms in total. The van der Waals surface area contributed by atoms with Crippen molar-refractivity contribution in [3.05, 3.63) is 66.6 Å². The molecule has 0 spiro atoms. The van der Waals surface area contributed by atoms with Gasteiger partial charge in [0.05, 0.1) is 19.4 Å². The first-order valence-electron chi connectivity index (χ1n) is 8.28. The first-order valence-corrected chi connectivity index (χ1v) is 8.28. The molecule has 0 aliphatic carbocycles. The summed E-state index contributed by atoms with van der Waals surface area (Å²) in [7, 11) is 1.65. The Bertz CT molecular complexity index is 726. The molecular formula is C19H24N4O3. The third kappa shape index (κ3) is 6.35. The minimum atomic E-state index is -0.154. The second kappa shape index (κ2) is 10.6. The zero-order valence-corrected chi connectivity index (χ0v) is 14.8. The van der Waals surface area contributed by atoms with Crippen LogP contribution in [0.1, 0.15) is 11.3 Å². The molecule has 26 heavy (non-hydrogen) atoms. The van der Waals surface area contributed by atoms with Gasteiger partial charge in [-0.05, 0) is 18.2 Å². The number of para-hydroxylation sites is 1. The van der Waals surface area contributed by atoms with E-state index in [4.69, 9.17) is 9.15 Å². The van der Waals surface area contributed by atoms with Gasteiger partial charge in [0.1, 0.15) is 18.1 Å². The third-order valence-electron chi connectivity index (χ3n) is 3.46. The fourth-order valence-corrected chi connectivity index (χ4v) is 2.16. The summed E-state index contributed by atoms with van der Waals surface area (Å²) in [4.78, 5) is 16.0. The molecule has 0 unspecified atom stereocenters. The molecule has 0 saturated heterocycles. The number of guanidine groups is 1. The topological polar surface area (TPSA) is 87.9 Å². The maximum atomic E-state index is 11.9. The number of carbonyl (C=O) groups is 1. The van der Waals surface area contributed by atoms with Crippen LogP contribution < -0.4 is 20.7 Å². The summed E-state index contributed by atoms with van der Waals surface area (Å²) in [5.41, 5.74) is 0.986. The number of nitrogens with zero attached hydrogens (tertiary/aromatic N) is 1. The van der Waals surface area contributed by atoms with Crippen LogP contribution in [0, 0.1) is 0 Å². The lowest BCUT2D eigenvalue weighted by Gasteiger charge is -2.14. The molecule has 3 N–H and O–H groups in total. The summed E-state index contributed by atoms with van der Waals surface area (Å²) >= 11 is 0. The van der Waals surface area contributed by atoms with Crippen molar-refractivity contribution in [2.24, 2.45) is 4.99 Å². The smallest absolute Gasteiger partial charge is 0.239 e. The van der Waals surface area contributed by atoms with E-state index in [1.165, 1.54) is 0 Å². The maximum Gasteiger partial charge on any atom is 0.239 e. The first-order chi connectivity index (χ1) is 12.7. The van der Waals surface area contributed by atoms with Crippen molar-refractivity contribution >= 4 is 11.9 Å². The number of aliphatic imine (C=N–C) groups is 1. The Balaban J connectivity index is 1.77. The molecule has 0 aliphatic heterocycles. The lowest BCUT2D eigenvalue weighted by Crippen LogP contribution is -2.42. The van der Waals surface area contributed by atoms with E-state index in [0.29, 0.717) is 31.4 Å². The Labute approximate surface area is 153 Å². The van der Waals surface area contributed by atoms with E-state index < -0.39 is 0 Å². The molecule has 1 heterocycles. The van der Waals surface area contributed by atoms with Crippen molar-refractivity contribution in [3.8, 4) is 5.75 Å². The normalized spacial score (nSPS) is 10.9. The van der Waals surface area contributed by atoms with E-state index in [-0.39, 0.29) is 12.5 Å². The van der Waals surface area contributed by atoms with Gasteiger partial charge in [-0.3, -0.25) is 9.79 Å². The molecule has 138 valence electrons. The minimum Gasteiger partial charge on any atom is -0.489 e. The molecule has 0 radical (unpaired) electrons. The quantitative estimate of drug-likeness (QED) is 0.362. The number of hydrogen-bond acceptors (Lipinski definition) is 4. The number of amides is 1. The number of furan rings is 1. The van der Waals surface area contributed by atoms with Crippen LogP contribution in [0.25, 0.3) is 0 Å². The standard InChI is InChI=1S/C19H24N4O3/c1-3-10-26-17-9-5-4-7-15(17)12-22-19(20-2)23-14-18(24)21-13-16-8-6-11-25-16/h3-9,11H,1,10,12-14H2,2H3,(H,21,24)(H2,20,22,23). The Hall–Kier alpha value is -3.22. The fraction of sp³-hybridized carbons (Fsp3) is 0.263. The number of hydrogen-bond donors (Lipinski definition) is 3. The highest BCUT2D eigenvalue weighted by Crippen LogP contribution is 2.17. The number of nitrogens with one attached hydrogen (secondary N) is 3. The van der Waals surface area contributed by atoms with Crippen LogP contribution in [0.4, 0.5) is 0 Å². The Morgan fingerprint density at radius 2 is 2.04 bits per heavy atom. The molecule has 7 heteroatoms. The molecule has 2 aromatic rings. The average Bonchev–Trinajstić information content (AvgIpc) is 3.19. The molecule has 0 atom stereocenters. The summed E-state index contributed by atoms with van der Waals surface area (Å²) < 4.78 is 10.8. The molecule has 0 fully saturated rings. The number of ether oxygens (including phenoxy) is 1. The first kappa shape index (κ1) is 19.1. The van der Waals surface area contributed by atoms with Crippen LogP contribution in [0.2, 0.25) is 0 Å². The average molecular weight is 356 g/mol. The van der Waals surface area contributed by atoms with Crippen LogP contribution in [0.3, 0.4) is 0 Å². The Kier molecular flexibility index (Phi) is 7.79. The molecular weight excluding hydrogens is 332 g/mol. The van der Waals surface area contributed by atoms with Crippen molar-refractivity contribution < 1.29 is 13.9 Å². The van der Waals surface area contributed by atoms with E-state index in [1.807, 2.05) is 24.3 Å².